The van der Waals surface area contributed by atoms with Gasteiger partial charge in [-0.3, -0.25) is 0 Å². The van der Waals surface area contributed by atoms with Gasteiger partial charge in [0, 0.05) is 6.08 Å². The molecule has 0 aliphatic rings. The van der Waals surface area contributed by atoms with Crippen LogP contribution in [0.2, 0.25) is 0 Å². The number of rotatable bonds is 5. The molecular formula is C17H25NO4. The van der Waals surface area contributed by atoms with Crippen LogP contribution < -0.4 is 0 Å². The highest BCUT2D eigenvalue weighted by Crippen LogP contribution is 2.28. The zero-order valence-corrected chi connectivity index (χ0v) is 14.2. The lowest BCUT2D eigenvalue weighted by atomic mass is 9.85. The van der Waals surface area contributed by atoms with Crippen molar-refractivity contribution in [2.45, 2.75) is 59.2 Å². The van der Waals surface area contributed by atoms with Crippen LogP contribution >= 0.6 is 0 Å². The Morgan fingerprint density at radius 1 is 1.09 bits per heavy atom. The maximum Gasteiger partial charge on any atom is 0.331 e. The summed E-state index contributed by atoms with van der Waals surface area (Å²) in [7, 11) is 0. The fraction of sp³-hybridized carbons (Fsp3) is 0.588. The molecule has 0 aromatic heterocycles. The quantitative estimate of drug-likeness (QED) is 0.442. The lowest BCUT2D eigenvalue weighted by Gasteiger charge is -2.26. The van der Waals surface area contributed by atoms with E-state index in [4.69, 9.17) is 9.47 Å². The summed E-state index contributed by atoms with van der Waals surface area (Å²) >= 11 is 0. The molecule has 0 N–H and O–H groups in total. The fourth-order valence-electron chi connectivity index (χ4n) is 1.49. The zero-order valence-electron chi connectivity index (χ0n) is 14.2. The minimum Gasteiger partial charge on any atom is -0.459 e. The average molecular weight is 307 g/mol. The van der Waals surface area contributed by atoms with Gasteiger partial charge >= 0.3 is 11.9 Å². The van der Waals surface area contributed by atoms with Crippen molar-refractivity contribution >= 4 is 11.9 Å². The Kier molecular flexibility index (Phi) is 6.57. The van der Waals surface area contributed by atoms with Crippen molar-refractivity contribution in [2.75, 3.05) is 0 Å². The van der Waals surface area contributed by atoms with Crippen molar-refractivity contribution in [3.63, 3.8) is 0 Å². The van der Waals surface area contributed by atoms with E-state index in [0.717, 1.165) is 6.08 Å². The predicted octanol–water partition coefficient (Wildman–Crippen LogP) is 3.31. The van der Waals surface area contributed by atoms with E-state index in [1.54, 1.807) is 41.5 Å². The maximum atomic E-state index is 12.3. The smallest absolute Gasteiger partial charge is 0.331 e. The number of nitriles is 1. The van der Waals surface area contributed by atoms with Gasteiger partial charge in [-0.2, -0.15) is 5.26 Å². The second kappa shape index (κ2) is 7.26. The van der Waals surface area contributed by atoms with Crippen LogP contribution in [0.1, 0.15) is 48.0 Å². The van der Waals surface area contributed by atoms with Crippen LogP contribution in [0.25, 0.3) is 0 Å². The Morgan fingerprint density at radius 3 is 1.95 bits per heavy atom. The van der Waals surface area contributed by atoms with Crippen LogP contribution in [0.3, 0.4) is 0 Å². The molecule has 0 aromatic carbocycles. The summed E-state index contributed by atoms with van der Waals surface area (Å²) in [6.45, 7) is 13.9. The molecule has 0 bridgehead atoms. The van der Waals surface area contributed by atoms with Crippen LogP contribution in [-0.4, -0.2) is 23.1 Å². The highest BCUT2D eigenvalue weighted by molar-refractivity contribution is 5.87. The summed E-state index contributed by atoms with van der Waals surface area (Å²) in [6.07, 6.45) is 3.78. The second-order valence-corrected chi connectivity index (χ2v) is 6.94. The topological polar surface area (TPSA) is 76.4 Å². The van der Waals surface area contributed by atoms with Gasteiger partial charge in [0.1, 0.15) is 11.2 Å². The first kappa shape index (κ1) is 19.9. The van der Waals surface area contributed by atoms with E-state index in [-0.39, 0.29) is 6.42 Å². The fourth-order valence-corrected chi connectivity index (χ4v) is 1.49. The lowest BCUT2D eigenvalue weighted by Crippen LogP contribution is -2.35. The number of hydrogen-bond acceptors (Lipinski definition) is 5. The molecule has 0 aromatic rings. The molecule has 0 radical (unpaired) electrons. The van der Waals surface area contributed by atoms with Crippen molar-refractivity contribution < 1.29 is 19.1 Å². The average Bonchev–Trinajstić information content (AvgIpc) is 2.30. The molecule has 0 aliphatic heterocycles. The van der Waals surface area contributed by atoms with Gasteiger partial charge in [0.05, 0.1) is 6.07 Å². The molecule has 122 valence electrons. The molecule has 0 spiro atoms. The van der Waals surface area contributed by atoms with Crippen LogP contribution in [0, 0.1) is 16.7 Å². The molecule has 0 rings (SSSR count). The Bertz CT molecular complexity index is 500. The van der Waals surface area contributed by atoms with Gasteiger partial charge in [-0.25, -0.2) is 9.59 Å². The van der Waals surface area contributed by atoms with Gasteiger partial charge < -0.3 is 9.47 Å². The molecule has 1 atom stereocenters. The van der Waals surface area contributed by atoms with E-state index >= 15 is 0 Å². The van der Waals surface area contributed by atoms with Crippen LogP contribution in [0.15, 0.2) is 24.8 Å². The zero-order chi connectivity index (χ0) is 17.6. The van der Waals surface area contributed by atoms with E-state index in [2.05, 4.69) is 6.58 Å². The van der Waals surface area contributed by atoms with E-state index in [9.17, 15) is 14.9 Å². The first-order valence-corrected chi connectivity index (χ1v) is 7.03. The summed E-state index contributed by atoms with van der Waals surface area (Å²) in [5.41, 5.74) is -2.98. The van der Waals surface area contributed by atoms with Crippen LogP contribution in [0.5, 0.6) is 0 Å². The summed E-state index contributed by atoms with van der Waals surface area (Å²) in [4.78, 5) is 24.0. The molecule has 0 saturated carbocycles. The van der Waals surface area contributed by atoms with Gasteiger partial charge in [-0.05, 0) is 54.0 Å². The number of hydrogen-bond donors (Lipinski definition) is 0. The Hall–Kier alpha value is -2.09. The van der Waals surface area contributed by atoms with Crippen molar-refractivity contribution in [1.29, 1.82) is 5.26 Å². The third kappa shape index (κ3) is 7.07. The molecule has 22 heavy (non-hydrogen) atoms. The number of carbonyl (C=O) groups is 2. The molecule has 5 heteroatoms. The highest BCUT2D eigenvalue weighted by atomic mass is 16.6. The lowest BCUT2D eigenvalue weighted by molar-refractivity contribution is -0.161. The first-order valence-electron chi connectivity index (χ1n) is 7.03. The van der Waals surface area contributed by atoms with Crippen molar-refractivity contribution in [3.8, 4) is 6.07 Å². The third-order valence-corrected chi connectivity index (χ3v) is 2.34. The van der Waals surface area contributed by atoms with Gasteiger partial charge in [-0.1, -0.05) is 6.08 Å². The van der Waals surface area contributed by atoms with Crippen molar-refractivity contribution in [3.05, 3.63) is 24.8 Å². The molecule has 0 fully saturated rings. The Labute approximate surface area is 132 Å². The summed E-state index contributed by atoms with van der Waals surface area (Å²) in [6, 6.07) is 1.92. The largest absolute Gasteiger partial charge is 0.459 e. The van der Waals surface area contributed by atoms with Crippen molar-refractivity contribution in [2.24, 2.45) is 5.41 Å². The number of ether oxygens (including phenoxy) is 2. The molecule has 0 heterocycles. The SMILES string of the molecule is C=CCC(C#N)(/C=C/C(=O)OC(C)(C)C)C(=O)OC(C)(C)C. The minimum atomic E-state index is -1.59. The van der Waals surface area contributed by atoms with E-state index in [1.165, 1.54) is 12.2 Å². The molecule has 0 aliphatic carbocycles. The standard InChI is InChI=1S/C17H25NO4/c1-8-10-17(12-18,14(20)22-16(5,6)7)11-9-13(19)21-15(2,3)4/h8-9,11H,1,10H2,2-7H3/b11-9+. The number of allylic oxidation sites excluding steroid dienone is 1. The molecule has 0 saturated heterocycles. The van der Waals surface area contributed by atoms with Crippen LogP contribution in [0.4, 0.5) is 0 Å². The molecule has 5 nitrogen and oxygen atoms in total. The second-order valence-electron chi connectivity index (χ2n) is 6.94. The van der Waals surface area contributed by atoms with Crippen LogP contribution in [-0.2, 0) is 19.1 Å². The number of nitrogens with zero attached hydrogens (tertiary/aromatic N) is 1. The van der Waals surface area contributed by atoms with Crippen molar-refractivity contribution in [1.82, 2.24) is 0 Å². The van der Waals surface area contributed by atoms with Gasteiger partial charge in [0.15, 0.2) is 5.41 Å². The van der Waals surface area contributed by atoms with Gasteiger partial charge in [-0.15, -0.1) is 6.58 Å². The third-order valence-electron chi connectivity index (χ3n) is 2.34. The van der Waals surface area contributed by atoms with E-state index in [0.29, 0.717) is 0 Å². The summed E-state index contributed by atoms with van der Waals surface area (Å²) in [5, 5.41) is 9.42. The van der Waals surface area contributed by atoms with Gasteiger partial charge in [0.25, 0.3) is 0 Å². The highest BCUT2D eigenvalue weighted by Gasteiger charge is 2.39. The Morgan fingerprint density at radius 2 is 1.59 bits per heavy atom. The number of esters is 2. The molecular weight excluding hydrogens is 282 g/mol. The Balaban J connectivity index is 5.37. The summed E-state index contributed by atoms with van der Waals surface area (Å²) < 4.78 is 10.4. The molecule has 1 unspecified atom stereocenters. The van der Waals surface area contributed by atoms with Gasteiger partial charge in [0.2, 0.25) is 0 Å². The molecule has 0 amide bonds. The predicted molar refractivity (Wildman–Crippen MR) is 83.7 cm³/mol. The monoisotopic (exact) mass is 307 g/mol. The first-order chi connectivity index (χ1) is 9.85. The van der Waals surface area contributed by atoms with E-state index < -0.39 is 28.6 Å². The summed E-state index contributed by atoms with van der Waals surface area (Å²) in [5.74, 6) is -1.35. The maximum absolute atomic E-state index is 12.3. The minimum absolute atomic E-state index is 0.0394. The number of carbonyl (C=O) groups excluding carboxylic acids is 2. The normalized spacial score (nSPS) is 14.8. The van der Waals surface area contributed by atoms with E-state index in [1.807, 2.05) is 6.07 Å².